The third-order valence-electron chi connectivity index (χ3n) is 2.71. The first-order chi connectivity index (χ1) is 9.20. The van der Waals surface area contributed by atoms with E-state index in [2.05, 4.69) is 4.98 Å². The number of carbonyl (C=O) groups is 1. The highest BCUT2D eigenvalue weighted by molar-refractivity contribution is 5.76. The average molecular weight is 259 g/mol. The molecule has 1 aromatic heterocycles. The molecule has 0 unspecified atom stereocenters. The predicted octanol–water partition coefficient (Wildman–Crippen LogP) is 2.38. The van der Waals surface area contributed by atoms with E-state index in [4.69, 9.17) is 4.74 Å². The van der Waals surface area contributed by atoms with Crippen molar-refractivity contribution < 1.29 is 9.53 Å². The molecule has 5 nitrogen and oxygen atoms in total. The zero-order valence-corrected chi connectivity index (χ0v) is 11.1. The van der Waals surface area contributed by atoms with Crippen LogP contribution in [0.5, 0.6) is 5.75 Å². The summed E-state index contributed by atoms with van der Waals surface area (Å²) in [5, 5.41) is 0. The van der Waals surface area contributed by atoms with Gasteiger partial charge in [0.05, 0.1) is 6.61 Å². The second kappa shape index (κ2) is 6.04. The fourth-order valence-corrected chi connectivity index (χ4v) is 1.77. The first kappa shape index (κ1) is 13.1. The summed E-state index contributed by atoms with van der Waals surface area (Å²) in [7, 11) is 1.76. The number of imidazole rings is 1. The predicted molar refractivity (Wildman–Crippen MR) is 72.1 cm³/mol. The first-order valence-corrected chi connectivity index (χ1v) is 6.16. The molecule has 0 N–H and O–H groups in total. The Bertz CT molecular complexity index is 520. The average Bonchev–Trinajstić information content (AvgIpc) is 2.94. The maximum atomic E-state index is 12.0. The topological polar surface area (TPSA) is 47.4 Å². The molecule has 2 rings (SSSR count). The lowest BCUT2D eigenvalue weighted by atomic mass is 10.2. The lowest BCUT2D eigenvalue weighted by Gasteiger charge is -2.17. The number of benzene rings is 1. The number of carbonyl (C=O) groups excluding carboxylic acids is 1. The van der Waals surface area contributed by atoms with E-state index >= 15 is 0 Å². The number of rotatable bonds is 4. The summed E-state index contributed by atoms with van der Waals surface area (Å²) in [6.45, 7) is 3.15. The SMILES string of the molecule is CCOc1ccc(CN(C)C(=O)n2ccnc2)cc1. The Kier molecular flexibility index (Phi) is 4.18. The van der Waals surface area contributed by atoms with Crippen LogP contribution in [-0.2, 0) is 6.54 Å². The molecule has 0 saturated carbocycles. The summed E-state index contributed by atoms with van der Waals surface area (Å²) >= 11 is 0. The van der Waals surface area contributed by atoms with Crippen molar-refractivity contribution in [1.82, 2.24) is 14.5 Å². The van der Waals surface area contributed by atoms with Crippen LogP contribution in [0.2, 0.25) is 0 Å². The molecule has 0 spiro atoms. The molecule has 2 aromatic rings. The van der Waals surface area contributed by atoms with Gasteiger partial charge in [-0.25, -0.2) is 9.78 Å². The quantitative estimate of drug-likeness (QED) is 0.847. The van der Waals surface area contributed by atoms with Gasteiger partial charge in [0.1, 0.15) is 12.1 Å². The van der Waals surface area contributed by atoms with E-state index in [1.54, 1.807) is 24.3 Å². The number of aromatic nitrogens is 2. The molecule has 1 heterocycles. The summed E-state index contributed by atoms with van der Waals surface area (Å²) in [6, 6.07) is 7.64. The summed E-state index contributed by atoms with van der Waals surface area (Å²) < 4.78 is 6.83. The van der Waals surface area contributed by atoms with Crippen LogP contribution < -0.4 is 4.74 Å². The molecular weight excluding hydrogens is 242 g/mol. The lowest BCUT2D eigenvalue weighted by Crippen LogP contribution is -2.29. The first-order valence-electron chi connectivity index (χ1n) is 6.16. The van der Waals surface area contributed by atoms with Crippen molar-refractivity contribution in [2.45, 2.75) is 13.5 Å². The van der Waals surface area contributed by atoms with E-state index in [-0.39, 0.29) is 6.03 Å². The van der Waals surface area contributed by atoms with Crippen LogP contribution in [0.1, 0.15) is 12.5 Å². The highest BCUT2D eigenvalue weighted by Gasteiger charge is 2.10. The maximum absolute atomic E-state index is 12.0. The zero-order chi connectivity index (χ0) is 13.7. The van der Waals surface area contributed by atoms with Crippen LogP contribution in [0, 0.1) is 0 Å². The monoisotopic (exact) mass is 259 g/mol. The molecule has 0 aliphatic carbocycles. The Morgan fingerprint density at radius 3 is 2.68 bits per heavy atom. The van der Waals surface area contributed by atoms with Gasteiger partial charge < -0.3 is 9.64 Å². The van der Waals surface area contributed by atoms with Crippen LogP contribution in [0.15, 0.2) is 43.0 Å². The number of hydrogen-bond acceptors (Lipinski definition) is 3. The van der Waals surface area contributed by atoms with Gasteiger partial charge in [-0.1, -0.05) is 12.1 Å². The Balaban J connectivity index is 1.98. The molecule has 0 aliphatic rings. The molecule has 0 bridgehead atoms. The highest BCUT2D eigenvalue weighted by atomic mass is 16.5. The third kappa shape index (κ3) is 3.34. The van der Waals surface area contributed by atoms with Crippen molar-refractivity contribution in [2.24, 2.45) is 0 Å². The van der Waals surface area contributed by atoms with E-state index in [1.165, 1.54) is 10.9 Å². The van der Waals surface area contributed by atoms with Gasteiger partial charge >= 0.3 is 6.03 Å². The molecular formula is C14H17N3O2. The Labute approximate surface area is 112 Å². The molecule has 1 amide bonds. The molecule has 0 radical (unpaired) electrons. The van der Waals surface area contributed by atoms with Gasteiger partial charge in [0.2, 0.25) is 0 Å². The lowest BCUT2D eigenvalue weighted by molar-refractivity contribution is 0.208. The van der Waals surface area contributed by atoms with Gasteiger partial charge in [0.15, 0.2) is 0 Å². The number of nitrogens with zero attached hydrogens (tertiary/aromatic N) is 3. The molecule has 0 atom stereocenters. The molecule has 1 aromatic carbocycles. The largest absolute Gasteiger partial charge is 0.494 e. The van der Waals surface area contributed by atoms with Crippen molar-refractivity contribution in [3.8, 4) is 5.75 Å². The minimum atomic E-state index is -0.105. The van der Waals surface area contributed by atoms with Gasteiger partial charge in [-0.05, 0) is 24.6 Å². The van der Waals surface area contributed by atoms with Crippen LogP contribution in [0.4, 0.5) is 4.79 Å². The second-order valence-corrected chi connectivity index (χ2v) is 4.19. The van der Waals surface area contributed by atoms with Gasteiger partial charge in [0.25, 0.3) is 0 Å². The van der Waals surface area contributed by atoms with Crippen molar-refractivity contribution >= 4 is 6.03 Å². The maximum Gasteiger partial charge on any atom is 0.329 e. The van der Waals surface area contributed by atoms with E-state index in [0.717, 1.165) is 11.3 Å². The summed E-state index contributed by atoms with van der Waals surface area (Å²) in [5.74, 6) is 0.842. The van der Waals surface area contributed by atoms with Crippen molar-refractivity contribution in [3.05, 3.63) is 48.5 Å². The van der Waals surface area contributed by atoms with Crippen molar-refractivity contribution in [1.29, 1.82) is 0 Å². The molecule has 100 valence electrons. The van der Waals surface area contributed by atoms with Gasteiger partial charge in [-0.3, -0.25) is 4.57 Å². The van der Waals surface area contributed by atoms with E-state index < -0.39 is 0 Å². The molecule has 0 saturated heterocycles. The second-order valence-electron chi connectivity index (χ2n) is 4.19. The Morgan fingerprint density at radius 2 is 2.11 bits per heavy atom. The summed E-state index contributed by atoms with van der Waals surface area (Å²) in [4.78, 5) is 17.5. The fourth-order valence-electron chi connectivity index (χ4n) is 1.77. The van der Waals surface area contributed by atoms with Crippen molar-refractivity contribution in [3.63, 3.8) is 0 Å². The van der Waals surface area contributed by atoms with Gasteiger partial charge in [-0.15, -0.1) is 0 Å². The highest BCUT2D eigenvalue weighted by Crippen LogP contribution is 2.13. The van der Waals surface area contributed by atoms with Crippen LogP contribution >= 0.6 is 0 Å². The summed E-state index contributed by atoms with van der Waals surface area (Å²) in [6.07, 6.45) is 4.72. The van der Waals surface area contributed by atoms with E-state index in [9.17, 15) is 4.79 Å². The fraction of sp³-hybridized carbons (Fsp3) is 0.286. The molecule has 19 heavy (non-hydrogen) atoms. The number of hydrogen-bond donors (Lipinski definition) is 0. The van der Waals surface area contributed by atoms with Crippen LogP contribution in [0.3, 0.4) is 0 Å². The van der Waals surface area contributed by atoms with Crippen LogP contribution in [-0.4, -0.2) is 34.1 Å². The van der Waals surface area contributed by atoms with Crippen molar-refractivity contribution in [2.75, 3.05) is 13.7 Å². The Morgan fingerprint density at radius 1 is 1.37 bits per heavy atom. The number of amides is 1. The number of ether oxygens (including phenoxy) is 1. The Hall–Kier alpha value is -2.30. The minimum Gasteiger partial charge on any atom is -0.494 e. The summed E-state index contributed by atoms with van der Waals surface area (Å²) in [5.41, 5.74) is 1.06. The normalized spacial score (nSPS) is 10.2. The van der Waals surface area contributed by atoms with Crippen LogP contribution in [0.25, 0.3) is 0 Å². The molecule has 5 heteroatoms. The van der Waals surface area contributed by atoms with Gasteiger partial charge in [-0.2, -0.15) is 0 Å². The van der Waals surface area contributed by atoms with E-state index in [0.29, 0.717) is 13.2 Å². The smallest absolute Gasteiger partial charge is 0.329 e. The van der Waals surface area contributed by atoms with Gasteiger partial charge in [0, 0.05) is 26.0 Å². The zero-order valence-electron chi connectivity index (χ0n) is 11.1. The third-order valence-corrected chi connectivity index (χ3v) is 2.71. The van der Waals surface area contributed by atoms with E-state index in [1.807, 2.05) is 31.2 Å². The minimum absolute atomic E-state index is 0.105. The molecule has 0 aliphatic heterocycles. The molecule has 0 fully saturated rings. The standard InChI is InChI=1S/C14H17N3O2/c1-3-19-13-6-4-12(5-7-13)10-16(2)14(18)17-9-8-15-11-17/h4-9,11H,3,10H2,1-2H3.